The van der Waals surface area contributed by atoms with Crippen LogP contribution < -0.4 is 15.0 Å². The number of halogens is 4. The predicted octanol–water partition coefficient (Wildman–Crippen LogP) is 3.07. The Morgan fingerprint density at radius 1 is 1.14 bits per heavy atom. The minimum atomic E-state index is -3.36. The van der Waals surface area contributed by atoms with E-state index >= 15 is 0 Å². The number of anilines is 1. The second-order valence-corrected chi connectivity index (χ2v) is 9.83. The average molecular weight is 518 g/mol. The molecular formula is C21H23F4N5O4S. The first-order chi connectivity index (χ1) is 16.3. The molecule has 0 bridgehead atoms. The van der Waals surface area contributed by atoms with E-state index in [2.05, 4.69) is 14.1 Å². The zero-order chi connectivity index (χ0) is 25.5. The Morgan fingerprint density at radius 2 is 1.86 bits per heavy atom. The third kappa shape index (κ3) is 5.57. The molecule has 2 saturated heterocycles. The number of alkyl halides is 2. The molecule has 190 valence electrons. The minimum absolute atomic E-state index is 0.132. The Bertz CT molecular complexity index is 1120. The number of nitrogens with zero attached hydrogens (tertiary/aromatic N) is 4. The number of likely N-dealkylation sites (tertiary alicyclic amines) is 1. The number of ether oxygens (including phenoxy) is 2. The number of carbonyl (C=O) groups is 2. The van der Waals surface area contributed by atoms with Gasteiger partial charge in [0, 0.05) is 6.07 Å². The van der Waals surface area contributed by atoms with Crippen molar-refractivity contribution in [1.29, 1.82) is 0 Å². The van der Waals surface area contributed by atoms with E-state index in [0.29, 0.717) is 0 Å². The summed E-state index contributed by atoms with van der Waals surface area (Å²) in [6.45, 7) is 4.11. The highest BCUT2D eigenvalue weighted by atomic mass is 32.1. The summed E-state index contributed by atoms with van der Waals surface area (Å²) in [7, 11) is 0. The molecule has 2 amide bonds. The summed E-state index contributed by atoms with van der Waals surface area (Å²) in [6, 6.07) is 1.56. The summed E-state index contributed by atoms with van der Waals surface area (Å²) in [6.07, 6.45) is -1.27. The number of hydrogen-bond donors (Lipinski definition) is 1. The van der Waals surface area contributed by atoms with Crippen LogP contribution in [0.1, 0.15) is 31.3 Å². The molecule has 1 atom stereocenters. The lowest BCUT2D eigenvalue weighted by Crippen LogP contribution is -2.55. The van der Waals surface area contributed by atoms with Gasteiger partial charge in [0.05, 0.1) is 37.9 Å². The number of benzene rings is 1. The van der Waals surface area contributed by atoms with Gasteiger partial charge in [0.25, 0.3) is 11.8 Å². The van der Waals surface area contributed by atoms with Gasteiger partial charge < -0.3 is 19.7 Å². The van der Waals surface area contributed by atoms with Gasteiger partial charge in [0.2, 0.25) is 0 Å². The van der Waals surface area contributed by atoms with Gasteiger partial charge in [-0.1, -0.05) is 0 Å². The predicted molar refractivity (Wildman–Crippen MR) is 117 cm³/mol. The lowest BCUT2D eigenvalue weighted by Gasteiger charge is -2.39. The van der Waals surface area contributed by atoms with Crippen LogP contribution in [-0.2, 0) is 4.74 Å². The first kappa shape index (κ1) is 24.9. The lowest BCUT2D eigenvalue weighted by molar-refractivity contribution is -0.0154. The lowest BCUT2D eigenvalue weighted by atomic mass is 10.1. The van der Waals surface area contributed by atoms with Gasteiger partial charge in [-0.2, -0.15) is 8.75 Å². The van der Waals surface area contributed by atoms with Crippen LogP contribution in [0, 0.1) is 11.6 Å². The maximum Gasteiger partial charge on any atom is 0.410 e. The van der Waals surface area contributed by atoms with Crippen LogP contribution in [0.25, 0.3) is 0 Å². The highest BCUT2D eigenvalue weighted by Gasteiger charge is 2.51. The molecule has 0 radical (unpaired) electrons. The largest absolute Gasteiger partial charge is 0.487 e. The van der Waals surface area contributed by atoms with E-state index in [1.165, 1.54) is 6.07 Å². The highest BCUT2D eigenvalue weighted by Crippen LogP contribution is 2.31. The number of amides is 2. The smallest absolute Gasteiger partial charge is 0.410 e. The molecule has 2 fully saturated rings. The zero-order valence-electron chi connectivity index (χ0n) is 19.1. The van der Waals surface area contributed by atoms with E-state index in [4.69, 9.17) is 9.47 Å². The summed E-state index contributed by atoms with van der Waals surface area (Å²) >= 11 is 0.744. The third-order valence-corrected chi connectivity index (χ3v) is 5.82. The molecule has 35 heavy (non-hydrogen) atoms. The fraction of sp³-hybridized carbons (Fsp3) is 0.524. The van der Waals surface area contributed by atoms with Crippen LogP contribution in [-0.4, -0.2) is 75.5 Å². The molecule has 2 aromatic rings. The van der Waals surface area contributed by atoms with Gasteiger partial charge in [0.15, 0.2) is 23.1 Å². The van der Waals surface area contributed by atoms with E-state index in [1.807, 2.05) is 0 Å². The first-order valence-corrected chi connectivity index (χ1v) is 11.4. The molecule has 0 aliphatic carbocycles. The first-order valence-electron chi connectivity index (χ1n) is 10.7. The molecule has 0 saturated carbocycles. The molecule has 1 N–H and O–H groups in total. The number of aromatic nitrogens is 2. The van der Waals surface area contributed by atoms with Gasteiger partial charge in [-0.15, -0.1) is 0 Å². The van der Waals surface area contributed by atoms with E-state index in [-0.39, 0.29) is 36.5 Å². The Kier molecular flexibility index (Phi) is 6.51. The van der Waals surface area contributed by atoms with Crippen LogP contribution in [0.2, 0.25) is 0 Å². The standard InChI is InChI=1S/C21H23F4N5O4S/c1-20(2,3)34-19(32)30-9-15(21(24,25)10-30)26-18(31)16-17(28-35-27-16)29-7-12(8-29)33-11-4-5-13(22)14(23)6-11/h4-6,12,15H,7-10H2,1-3H3,(H,26,31)/t15-/m0/s1. The highest BCUT2D eigenvalue weighted by molar-refractivity contribution is 6.99. The van der Waals surface area contributed by atoms with Crippen molar-refractivity contribution in [3.8, 4) is 5.75 Å². The molecule has 0 spiro atoms. The van der Waals surface area contributed by atoms with E-state index in [9.17, 15) is 27.2 Å². The fourth-order valence-corrected chi connectivity index (χ4v) is 4.16. The van der Waals surface area contributed by atoms with Crippen molar-refractivity contribution in [2.24, 2.45) is 0 Å². The van der Waals surface area contributed by atoms with Gasteiger partial charge in [-0.3, -0.25) is 9.69 Å². The minimum Gasteiger partial charge on any atom is -0.487 e. The molecule has 1 aromatic heterocycles. The third-order valence-electron chi connectivity index (χ3n) is 5.30. The normalized spacial score (nSPS) is 19.9. The molecule has 0 unspecified atom stereocenters. The Balaban J connectivity index is 1.35. The number of nitrogens with one attached hydrogen (secondary N) is 1. The maximum atomic E-state index is 14.5. The van der Waals surface area contributed by atoms with Crippen molar-refractivity contribution in [1.82, 2.24) is 19.0 Å². The van der Waals surface area contributed by atoms with Gasteiger partial charge in [0.1, 0.15) is 23.5 Å². The van der Waals surface area contributed by atoms with Crippen LogP contribution in [0.5, 0.6) is 5.75 Å². The topological polar surface area (TPSA) is 96.9 Å². The molecule has 3 heterocycles. The van der Waals surface area contributed by atoms with E-state index < -0.39 is 54.3 Å². The molecule has 1 aromatic carbocycles. The number of rotatable bonds is 5. The van der Waals surface area contributed by atoms with Crippen LogP contribution in [0.4, 0.5) is 28.2 Å². The number of carbonyl (C=O) groups excluding carboxylic acids is 2. The van der Waals surface area contributed by atoms with E-state index in [1.54, 1.807) is 25.7 Å². The summed E-state index contributed by atoms with van der Waals surface area (Å²) in [4.78, 5) is 27.4. The summed E-state index contributed by atoms with van der Waals surface area (Å²) in [5.41, 5.74) is -0.980. The molecule has 9 nitrogen and oxygen atoms in total. The van der Waals surface area contributed by atoms with Crippen LogP contribution in [0.3, 0.4) is 0 Å². The molecule has 14 heteroatoms. The van der Waals surface area contributed by atoms with E-state index in [0.717, 1.165) is 28.8 Å². The van der Waals surface area contributed by atoms with Crippen molar-refractivity contribution < 1.29 is 36.6 Å². The fourth-order valence-electron chi connectivity index (χ4n) is 3.59. The van der Waals surface area contributed by atoms with Crippen molar-refractivity contribution in [2.45, 2.75) is 44.4 Å². The second-order valence-electron chi connectivity index (χ2n) is 9.31. The monoisotopic (exact) mass is 517 g/mol. The van der Waals surface area contributed by atoms with Gasteiger partial charge in [-0.25, -0.2) is 22.4 Å². The van der Waals surface area contributed by atoms with Gasteiger partial charge >= 0.3 is 6.09 Å². The zero-order valence-corrected chi connectivity index (χ0v) is 19.9. The molecule has 2 aliphatic rings. The molecular weight excluding hydrogens is 494 g/mol. The molecule has 2 aliphatic heterocycles. The van der Waals surface area contributed by atoms with Crippen molar-refractivity contribution >= 4 is 29.5 Å². The van der Waals surface area contributed by atoms with Gasteiger partial charge in [-0.05, 0) is 32.9 Å². The van der Waals surface area contributed by atoms with Crippen molar-refractivity contribution in [2.75, 3.05) is 31.1 Å². The Morgan fingerprint density at radius 3 is 2.51 bits per heavy atom. The molecule has 4 rings (SSSR count). The average Bonchev–Trinajstić information content (AvgIpc) is 3.30. The summed E-state index contributed by atoms with van der Waals surface area (Å²) in [5, 5.41) is 2.26. The summed E-state index contributed by atoms with van der Waals surface area (Å²) < 4.78 is 74.2. The summed E-state index contributed by atoms with van der Waals surface area (Å²) in [5.74, 6) is -5.89. The maximum absolute atomic E-state index is 14.5. The van der Waals surface area contributed by atoms with Crippen molar-refractivity contribution in [3.05, 3.63) is 35.5 Å². The Labute approximate surface area is 202 Å². The van der Waals surface area contributed by atoms with Crippen LogP contribution in [0.15, 0.2) is 18.2 Å². The number of hydrogen-bond acceptors (Lipinski definition) is 8. The Hall–Kier alpha value is -3.16. The SMILES string of the molecule is CC(C)(C)OC(=O)N1C[C@H](NC(=O)c2nsnc2N2CC(Oc3ccc(F)c(F)c3)C2)C(F)(F)C1. The quantitative estimate of drug-likeness (QED) is 0.609. The second kappa shape index (κ2) is 9.13. The van der Waals surface area contributed by atoms with Crippen molar-refractivity contribution in [3.63, 3.8) is 0 Å². The van der Waals surface area contributed by atoms with Crippen LogP contribution >= 0.6 is 11.7 Å².